The van der Waals surface area contributed by atoms with Crippen molar-refractivity contribution in [3.63, 3.8) is 0 Å². The number of hydrogen-bond donors (Lipinski definition) is 1. The molecule has 3 heteroatoms. The van der Waals surface area contributed by atoms with Gasteiger partial charge in [-0.25, -0.2) is 0 Å². The lowest BCUT2D eigenvalue weighted by Crippen LogP contribution is -2.18. The standard InChI is InChI=1S/C17H19N3/c1-2-3-11-20(15-7-5-4-6-8-15)16-9-10-17(19)14(12-16)13-18/h4-10,12H,2-3,11,19H2,1H3. The van der Waals surface area contributed by atoms with E-state index in [4.69, 9.17) is 11.0 Å². The van der Waals surface area contributed by atoms with E-state index in [9.17, 15) is 0 Å². The maximum Gasteiger partial charge on any atom is 0.101 e. The van der Waals surface area contributed by atoms with Gasteiger partial charge in [-0.1, -0.05) is 31.5 Å². The summed E-state index contributed by atoms with van der Waals surface area (Å²) in [5.41, 5.74) is 9.00. The molecule has 2 aromatic rings. The molecule has 3 nitrogen and oxygen atoms in total. The van der Waals surface area contributed by atoms with E-state index in [-0.39, 0.29) is 0 Å². The summed E-state index contributed by atoms with van der Waals surface area (Å²) in [7, 11) is 0. The number of hydrogen-bond acceptors (Lipinski definition) is 3. The third-order valence-corrected chi connectivity index (χ3v) is 3.27. The van der Waals surface area contributed by atoms with Crippen LogP contribution in [0.15, 0.2) is 48.5 Å². The SMILES string of the molecule is CCCCN(c1ccccc1)c1ccc(N)c(C#N)c1. The summed E-state index contributed by atoms with van der Waals surface area (Å²) in [6, 6.07) is 18.0. The molecule has 0 aliphatic heterocycles. The first-order valence-electron chi connectivity index (χ1n) is 6.88. The lowest BCUT2D eigenvalue weighted by molar-refractivity contribution is 0.786. The smallest absolute Gasteiger partial charge is 0.101 e. The fraction of sp³-hybridized carbons (Fsp3) is 0.235. The third-order valence-electron chi connectivity index (χ3n) is 3.27. The van der Waals surface area contributed by atoms with Gasteiger partial charge < -0.3 is 10.6 Å². The van der Waals surface area contributed by atoms with Crippen LogP contribution in [0.2, 0.25) is 0 Å². The molecule has 0 radical (unpaired) electrons. The number of nitrogens with zero attached hydrogens (tertiary/aromatic N) is 2. The summed E-state index contributed by atoms with van der Waals surface area (Å²) in [6.07, 6.45) is 2.23. The second kappa shape index (κ2) is 6.63. The molecular weight excluding hydrogens is 246 g/mol. The number of benzene rings is 2. The number of rotatable bonds is 5. The number of anilines is 3. The highest BCUT2D eigenvalue weighted by molar-refractivity contribution is 5.69. The van der Waals surface area contributed by atoms with Crippen LogP contribution in [-0.2, 0) is 0 Å². The zero-order valence-electron chi connectivity index (χ0n) is 11.7. The Hall–Kier alpha value is -2.47. The van der Waals surface area contributed by atoms with Crippen molar-refractivity contribution < 1.29 is 0 Å². The van der Waals surface area contributed by atoms with Crippen LogP contribution in [0.4, 0.5) is 17.1 Å². The van der Waals surface area contributed by atoms with Crippen LogP contribution in [0.25, 0.3) is 0 Å². The molecule has 0 atom stereocenters. The first-order valence-corrected chi connectivity index (χ1v) is 6.88. The average molecular weight is 265 g/mol. The van der Waals surface area contributed by atoms with Gasteiger partial charge in [-0.3, -0.25) is 0 Å². The predicted molar refractivity (Wildman–Crippen MR) is 83.9 cm³/mol. The van der Waals surface area contributed by atoms with E-state index in [1.54, 1.807) is 6.07 Å². The van der Waals surface area contributed by atoms with E-state index in [0.717, 1.165) is 30.8 Å². The third kappa shape index (κ3) is 3.10. The van der Waals surface area contributed by atoms with E-state index in [1.807, 2.05) is 30.3 Å². The largest absolute Gasteiger partial charge is 0.398 e. The minimum atomic E-state index is 0.528. The minimum absolute atomic E-state index is 0.528. The second-order valence-electron chi connectivity index (χ2n) is 4.72. The van der Waals surface area contributed by atoms with Crippen LogP contribution < -0.4 is 10.6 Å². The molecule has 0 unspecified atom stereocenters. The summed E-state index contributed by atoms with van der Waals surface area (Å²) < 4.78 is 0. The first kappa shape index (κ1) is 14.0. The number of nitriles is 1. The Morgan fingerprint density at radius 3 is 2.50 bits per heavy atom. The van der Waals surface area contributed by atoms with Crippen molar-refractivity contribution in [2.75, 3.05) is 17.2 Å². The highest BCUT2D eigenvalue weighted by Gasteiger charge is 2.10. The number of para-hydroxylation sites is 1. The molecule has 2 N–H and O–H groups in total. The van der Waals surface area contributed by atoms with Gasteiger partial charge in [0.2, 0.25) is 0 Å². The van der Waals surface area contributed by atoms with Crippen molar-refractivity contribution in [3.8, 4) is 6.07 Å². The second-order valence-corrected chi connectivity index (χ2v) is 4.72. The van der Waals surface area contributed by atoms with Gasteiger partial charge in [0, 0.05) is 23.6 Å². The predicted octanol–water partition coefficient (Wildman–Crippen LogP) is 4.08. The van der Waals surface area contributed by atoms with Gasteiger partial charge in [0.15, 0.2) is 0 Å². The average Bonchev–Trinajstić information content (AvgIpc) is 2.50. The topological polar surface area (TPSA) is 53.0 Å². The molecule has 0 saturated carbocycles. The molecule has 0 spiro atoms. The van der Waals surface area contributed by atoms with E-state index in [0.29, 0.717) is 11.3 Å². The van der Waals surface area contributed by atoms with Crippen LogP contribution in [0.1, 0.15) is 25.3 Å². The summed E-state index contributed by atoms with van der Waals surface area (Å²) in [5.74, 6) is 0. The van der Waals surface area contributed by atoms with Crippen molar-refractivity contribution in [2.24, 2.45) is 0 Å². The van der Waals surface area contributed by atoms with Crippen molar-refractivity contribution in [1.82, 2.24) is 0 Å². The molecule has 102 valence electrons. The zero-order valence-corrected chi connectivity index (χ0v) is 11.7. The Morgan fingerprint density at radius 2 is 1.85 bits per heavy atom. The minimum Gasteiger partial charge on any atom is -0.398 e. The molecule has 0 aromatic heterocycles. The summed E-state index contributed by atoms with van der Waals surface area (Å²) >= 11 is 0. The van der Waals surface area contributed by atoms with Crippen LogP contribution in [0.5, 0.6) is 0 Å². The maximum absolute atomic E-state index is 9.12. The van der Waals surface area contributed by atoms with Crippen molar-refractivity contribution in [3.05, 3.63) is 54.1 Å². The molecule has 2 aromatic carbocycles. The van der Waals surface area contributed by atoms with E-state index >= 15 is 0 Å². The van der Waals surface area contributed by atoms with Gasteiger partial charge >= 0.3 is 0 Å². The first-order chi connectivity index (χ1) is 9.76. The lowest BCUT2D eigenvalue weighted by atomic mass is 10.1. The zero-order chi connectivity index (χ0) is 14.4. The molecule has 0 saturated heterocycles. The molecule has 0 bridgehead atoms. The molecule has 0 heterocycles. The van der Waals surface area contributed by atoms with Gasteiger partial charge in [-0.05, 0) is 36.8 Å². The quantitative estimate of drug-likeness (QED) is 0.829. The summed E-state index contributed by atoms with van der Waals surface area (Å²) in [5, 5.41) is 9.12. The Bertz CT molecular complexity index is 599. The van der Waals surface area contributed by atoms with Gasteiger partial charge in [-0.2, -0.15) is 5.26 Å². The van der Waals surface area contributed by atoms with Crippen LogP contribution in [-0.4, -0.2) is 6.54 Å². The molecule has 0 aliphatic carbocycles. The Kier molecular flexibility index (Phi) is 4.62. The van der Waals surface area contributed by atoms with Gasteiger partial charge in [0.1, 0.15) is 6.07 Å². The molecule has 0 fully saturated rings. The highest BCUT2D eigenvalue weighted by Crippen LogP contribution is 2.28. The van der Waals surface area contributed by atoms with Gasteiger partial charge in [0.05, 0.1) is 5.56 Å². The molecule has 0 aliphatic rings. The fourth-order valence-electron chi connectivity index (χ4n) is 2.14. The monoisotopic (exact) mass is 265 g/mol. The normalized spacial score (nSPS) is 10.0. The summed E-state index contributed by atoms with van der Waals surface area (Å²) in [6.45, 7) is 3.10. The van der Waals surface area contributed by atoms with Crippen molar-refractivity contribution >= 4 is 17.1 Å². The van der Waals surface area contributed by atoms with Crippen LogP contribution >= 0.6 is 0 Å². The Morgan fingerprint density at radius 1 is 1.10 bits per heavy atom. The molecular formula is C17H19N3. The van der Waals surface area contributed by atoms with Crippen LogP contribution in [0, 0.1) is 11.3 Å². The lowest BCUT2D eigenvalue weighted by Gasteiger charge is -2.25. The van der Waals surface area contributed by atoms with Crippen molar-refractivity contribution in [2.45, 2.75) is 19.8 Å². The maximum atomic E-state index is 9.12. The molecule has 20 heavy (non-hydrogen) atoms. The van der Waals surface area contributed by atoms with Crippen molar-refractivity contribution in [1.29, 1.82) is 5.26 Å². The van der Waals surface area contributed by atoms with Crippen LogP contribution in [0.3, 0.4) is 0 Å². The Labute approximate surface area is 120 Å². The number of nitrogens with two attached hydrogens (primary N) is 1. The van der Waals surface area contributed by atoms with Gasteiger partial charge in [0.25, 0.3) is 0 Å². The van der Waals surface area contributed by atoms with E-state index < -0.39 is 0 Å². The van der Waals surface area contributed by atoms with E-state index in [1.165, 1.54) is 0 Å². The highest BCUT2D eigenvalue weighted by atomic mass is 15.1. The Balaban J connectivity index is 2.39. The molecule has 2 rings (SSSR count). The fourth-order valence-corrected chi connectivity index (χ4v) is 2.14. The number of unbranched alkanes of at least 4 members (excludes halogenated alkanes) is 1. The van der Waals surface area contributed by atoms with E-state index in [2.05, 4.69) is 30.0 Å². The summed E-state index contributed by atoms with van der Waals surface area (Å²) in [4.78, 5) is 2.23. The number of nitrogen functional groups attached to an aromatic ring is 1. The van der Waals surface area contributed by atoms with Gasteiger partial charge in [-0.15, -0.1) is 0 Å². The molecule has 0 amide bonds.